The SMILES string of the molecule is Cc1nc2cnc(N3CCC4(CCN4CC(F)F)C3)c(C#N)c2c(=O)n1CCOc1ccc(Cl)cc1-c1ccnc2c(C(=O)O)csc12. The van der Waals surface area contributed by atoms with Crippen LogP contribution in [0.5, 0.6) is 5.75 Å². The van der Waals surface area contributed by atoms with Gasteiger partial charge in [-0.15, -0.1) is 11.3 Å². The van der Waals surface area contributed by atoms with E-state index < -0.39 is 18.0 Å². The smallest absolute Gasteiger partial charge is 0.338 e. The fourth-order valence-corrected chi connectivity index (χ4v) is 8.04. The molecule has 1 N–H and O–H groups in total. The summed E-state index contributed by atoms with van der Waals surface area (Å²) in [4.78, 5) is 42.7. The van der Waals surface area contributed by atoms with Gasteiger partial charge in [-0.2, -0.15) is 5.26 Å². The second-order valence-electron chi connectivity index (χ2n) is 11.9. The summed E-state index contributed by atoms with van der Waals surface area (Å²) in [5.74, 6) is 0.171. The number of fused-ring (bicyclic) bond motifs is 2. The average Bonchev–Trinajstić information content (AvgIpc) is 3.72. The van der Waals surface area contributed by atoms with Crippen LogP contribution < -0.4 is 15.2 Å². The molecule has 2 aliphatic heterocycles. The van der Waals surface area contributed by atoms with Gasteiger partial charge in [0.25, 0.3) is 12.0 Å². The Hall–Kier alpha value is -4.71. The molecule has 246 valence electrons. The highest BCUT2D eigenvalue weighted by molar-refractivity contribution is 7.18. The van der Waals surface area contributed by atoms with Crippen molar-refractivity contribution in [1.82, 2.24) is 24.4 Å². The number of benzene rings is 1. The first-order valence-electron chi connectivity index (χ1n) is 15.2. The summed E-state index contributed by atoms with van der Waals surface area (Å²) in [5, 5.41) is 22.0. The highest BCUT2D eigenvalue weighted by Gasteiger charge is 2.50. The lowest BCUT2D eigenvalue weighted by Crippen LogP contribution is -2.62. The van der Waals surface area contributed by atoms with Crippen molar-refractivity contribution < 1.29 is 23.4 Å². The number of carboxylic acid groups (broad SMARTS) is 1. The average molecular weight is 692 g/mol. The van der Waals surface area contributed by atoms with E-state index in [0.29, 0.717) is 75.3 Å². The van der Waals surface area contributed by atoms with Crippen molar-refractivity contribution in [3.8, 4) is 22.9 Å². The van der Waals surface area contributed by atoms with Crippen LogP contribution in [0.3, 0.4) is 0 Å². The highest BCUT2D eigenvalue weighted by Crippen LogP contribution is 2.42. The molecule has 0 bridgehead atoms. The second kappa shape index (κ2) is 12.4. The van der Waals surface area contributed by atoms with Gasteiger partial charge in [0, 0.05) is 52.9 Å². The zero-order chi connectivity index (χ0) is 33.7. The van der Waals surface area contributed by atoms with Crippen molar-refractivity contribution >= 4 is 55.8 Å². The Balaban J connectivity index is 1.17. The van der Waals surface area contributed by atoms with E-state index in [2.05, 4.69) is 21.0 Å². The molecule has 1 aromatic carbocycles. The van der Waals surface area contributed by atoms with Gasteiger partial charge in [-0.25, -0.2) is 23.5 Å². The van der Waals surface area contributed by atoms with Crippen LogP contribution in [-0.4, -0.2) is 80.2 Å². The number of aromatic nitrogens is 4. The van der Waals surface area contributed by atoms with Crippen LogP contribution in [0.25, 0.3) is 32.2 Å². The zero-order valence-corrected chi connectivity index (χ0v) is 27.2. The monoisotopic (exact) mass is 691 g/mol. The summed E-state index contributed by atoms with van der Waals surface area (Å²) in [5.41, 5.74) is 1.43. The topological polar surface area (TPSA) is 137 Å². The van der Waals surface area contributed by atoms with Crippen molar-refractivity contribution in [2.45, 2.75) is 38.3 Å². The summed E-state index contributed by atoms with van der Waals surface area (Å²) < 4.78 is 34.6. The van der Waals surface area contributed by atoms with E-state index in [0.717, 1.165) is 6.42 Å². The van der Waals surface area contributed by atoms with Gasteiger partial charge in [0.05, 0.1) is 46.0 Å². The Labute approximate surface area is 281 Å². The molecule has 1 atom stereocenters. The molecule has 48 heavy (non-hydrogen) atoms. The molecule has 0 amide bonds. The summed E-state index contributed by atoms with van der Waals surface area (Å²) in [6, 6.07) is 9.06. The summed E-state index contributed by atoms with van der Waals surface area (Å²) in [6.45, 7) is 3.17. The molecule has 7 rings (SSSR count). The summed E-state index contributed by atoms with van der Waals surface area (Å²) in [7, 11) is 0. The van der Waals surface area contributed by atoms with Crippen molar-refractivity contribution in [2.24, 2.45) is 0 Å². The molecule has 6 heterocycles. The van der Waals surface area contributed by atoms with Crippen molar-refractivity contribution in [3.05, 3.63) is 74.4 Å². The van der Waals surface area contributed by atoms with Gasteiger partial charge in [-0.1, -0.05) is 11.6 Å². The predicted molar refractivity (Wildman–Crippen MR) is 178 cm³/mol. The second-order valence-corrected chi connectivity index (χ2v) is 13.2. The number of likely N-dealkylation sites (tertiary alicyclic amines) is 1. The molecule has 5 aromatic rings. The van der Waals surface area contributed by atoms with Crippen LogP contribution in [0.2, 0.25) is 5.02 Å². The number of aryl methyl sites for hydroxylation is 1. The predicted octanol–water partition coefficient (Wildman–Crippen LogP) is 5.60. The largest absolute Gasteiger partial charge is 0.491 e. The Morgan fingerprint density at radius 2 is 2.04 bits per heavy atom. The van der Waals surface area contributed by atoms with Crippen molar-refractivity contribution in [1.29, 1.82) is 5.26 Å². The molecule has 2 aliphatic rings. The molecule has 4 aromatic heterocycles. The van der Waals surface area contributed by atoms with Crippen LogP contribution in [0.4, 0.5) is 14.6 Å². The fourth-order valence-electron chi connectivity index (χ4n) is 6.84. The van der Waals surface area contributed by atoms with Gasteiger partial charge < -0.3 is 14.7 Å². The molecule has 1 spiro atoms. The third-order valence-electron chi connectivity index (χ3n) is 9.28. The number of aromatic carboxylic acids is 1. The van der Waals surface area contributed by atoms with Crippen molar-refractivity contribution in [2.75, 3.05) is 37.7 Å². The molecule has 15 heteroatoms. The van der Waals surface area contributed by atoms with E-state index in [1.165, 1.54) is 28.3 Å². The number of rotatable bonds is 9. The van der Waals surface area contributed by atoms with Crippen LogP contribution in [0.1, 0.15) is 34.6 Å². The van der Waals surface area contributed by atoms with Gasteiger partial charge in [0.2, 0.25) is 0 Å². The number of hydrogen-bond acceptors (Lipinski definition) is 10. The minimum atomic E-state index is -2.42. The van der Waals surface area contributed by atoms with Crippen molar-refractivity contribution in [3.63, 3.8) is 0 Å². The van der Waals surface area contributed by atoms with Crippen LogP contribution in [-0.2, 0) is 6.54 Å². The summed E-state index contributed by atoms with van der Waals surface area (Å²) >= 11 is 7.62. The van der Waals surface area contributed by atoms with Crippen LogP contribution >= 0.6 is 22.9 Å². The third-order valence-corrected chi connectivity index (χ3v) is 10.5. The molecule has 0 radical (unpaired) electrons. The number of ether oxygens (including phenoxy) is 1. The number of pyridine rings is 2. The lowest BCUT2D eigenvalue weighted by molar-refractivity contribution is -0.0399. The number of carbonyl (C=O) groups is 1. The normalized spacial score (nSPS) is 17.8. The number of alkyl halides is 2. The molecule has 1 unspecified atom stereocenters. The minimum Gasteiger partial charge on any atom is -0.491 e. The Bertz CT molecular complexity index is 2200. The number of anilines is 1. The number of thiophene rings is 1. The quantitative estimate of drug-likeness (QED) is 0.208. The van der Waals surface area contributed by atoms with Gasteiger partial charge in [0.15, 0.2) is 0 Å². The van der Waals surface area contributed by atoms with E-state index in [1.54, 1.807) is 41.5 Å². The number of nitriles is 1. The fraction of sp³-hybridized carbons (Fsp3) is 0.333. The molecule has 2 fully saturated rings. The number of carboxylic acids is 1. The van der Waals surface area contributed by atoms with E-state index in [1.807, 2.05) is 4.90 Å². The first-order chi connectivity index (χ1) is 23.1. The van der Waals surface area contributed by atoms with Gasteiger partial charge in [-0.05, 0) is 44.0 Å². The van der Waals surface area contributed by atoms with Gasteiger partial charge in [-0.3, -0.25) is 19.2 Å². The van der Waals surface area contributed by atoms with Crippen LogP contribution in [0, 0.1) is 18.3 Å². The van der Waals surface area contributed by atoms with Gasteiger partial charge in [0.1, 0.15) is 35.6 Å². The first-order valence-corrected chi connectivity index (χ1v) is 16.5. The summed E-state index contributed by atoms with van der Waals surface area (Å²) in [6.07, 6.45) is 2.06. The van der Waals surface area contributed by atoms with E-state index >= 15 is 0 Å². The Kier molecular flexibility index (Phi) is 8.22. The molecular formula is C33H28ClF2N7O4S. The number of nitrogens with zero attached hydrogens (tertiary/aromatic N) is 7. The maximum Gasteiger partial charge on any atom is 0.338 e. The number of halogens is 3. The van der Waals surface area contributed by atoms with E-state index in [-0.39, 0.29) is 41.7 Å². The maximum atomic E-state index is 14.0. The standard InChI is InChI=1S/C33H28ClF2N7O4S/c1-18-40-24-14-39-30(41-8-5-33(17-41)6-9-42(33)15-26(35)36)22(13-37)27(24)31(44)43(18)10-11-47-25-3-2-19(34)12-21(25)20-4-7-38-28-23(32(45)46)16-48-29(20)28/h2-4,7,12,14,16,26H,5-6,8-11,15,17H2,1H3,(H,45,46). The highest BCUT2D eigenvalue weighted by atomic mass is 35.5. The zero-order valence-electron chi connectivity index (χ0n) is 25.6. The first kappa shape index (κ1) is 31.9. The van der Waals surface area contributed by atoms with E-state index in [4.69, 9.17) is 16.3 Å². The molecule has 11 nitrogen and oxygen atoms in total. The minimum absolute atomic E-state index is 0.0655. The molecule has 0 aliphatic carbocycles. The van der Waals surface area contributed by atoms with Crippen LogP contribution in [0.15, 0.2) is 46.8 Å². The number of hydrogen-bond donors (Lipinski definition) is 1. The maximum absolute atomic E-state index is 14.0. The lowest BCUT2D eigenvalue weighted by Gasteiger charge is -2.50. The lowest BCUT2D eigenvalue weighted by atomic mass is 9.84. The van der Waals surface area contributed by atoms with E-state index in [9.17, 15) is 28.7 Å². The Morgan fingerprint density at radius 1 is 1.23 bits per heavy atom. The third kappa shape index (κ3) is 5.41. The Morgan fingerprint density at radius 3 is 2.77 bits per heavy atom. The van der Waals surface area contributed by atoms with Gasteiger partial charge >= 0.3 is 5.97 Å². The molecular weight excluding hydrogens is 664 g/mol. The molecule has 0 saturated carbocycles. The molecule has 2 saturated heterocycles.